The molecule has 0 aliphatic carbocycles. The average molecular weight is 245 g/mol. The fourth-order valence-corrected chi connectivity index (χ4v) is 2.51. The Balaban J connectivity index is 1.85. The maximum absolute atomic E-state index is 4.50. The van der Waals surface area contributed by atoms with Crippen LogP contribution < -0.4 is 5.32 Å². The van der Waals surface area contributed by atoms with Gasteiger partial charge in [-0.15, -0.1) is 11.3 Å². The lowest BCUT2D eigenvalue weighted by Gasteiger charge is -2.05. The molecule has 0 atom stereocenters. The van der Waals surface area contributed by atoms with Crippen LogP contribution in [0.25, 0.3) is 4.96 Å². The van der Waals surface area contributed by atoms with Gasteiger partial charge in [-0.3, -0.25) is 4.40 Å². The van der Waals surface area contributed by atoms with Crippen molar-refractivity contribution in [1.29, 1.82) is 0 Å². The van der Waals surface area contributed by atoms with Gasteiger partial charge in [-0.25, -0.2) is 15.0 Å². The van der Waals surface area contributed by atoms with Crippen LogP contribution in [0.2, 0.25) is 0 Å². The lowest BCUT2D eigenvalue weighted by Crippen LogP contribution is -2.03. The number of hydrogen-bond donors (Lipinski definition) is 1. The standard InChI is InChI=1S/C11H11N5S/c1-8-10(16-2-3-17-11(16)15-8)6-14-9-4-12-7-13-5-9/h2-5,7,14H,6H2,1H3. The van der Waals surface area contributed by atoms with Crippen molar-refractivity contribution in [2.24, 2.45) is 0 Å². The van der Waals surface area contributed by atoms with Gasteiger partial charge in [0.05, 0.1) is 36.0 Å². The molecule has 0 aromatic carbocycles. The molecule has 3 heterocycles. The third-order valence-electron chi connectivity index (χ3n) is 2.58. The van der Waals surface area contributed by atoms with E-state index in [-0.39, 0.29) is 0 Å². The first-order valence-electron chi connectivity index (χ1n) is 5.24. The molecule has 86 valence electrons. The van der Waals surface area contributed by atoms with Crippen LogP contribution >= 0.6 is 11.3 Å². The van der Waals surface area contributed by atoms with E-state index >= 15 is 0 Å². The summed E-state index contributed by atoms with van der Waals surface area (Å²) in [5, 5.41) is 5.33. The van der Waals surface area contributed by atoms with Gasteiger partial charge < -0.3 is 5.32 Å². The van der Waals surface area contributed by atoms with E-state index in [0.29, 0.717) is 0 Å². The number of nitrogens with one attached hydrogen (secondary N) is 1. The molecule has 0 unspecified atom stereocenters. The zero-order chi connectivity index (χ0) is 11.7. The Morgan fingerprint density at radius 1 is 1.35 bits per heavy atom. The summed E-state index contributed by atoms with van der Waals surface area (Å²) in [6, 6.07) is 0. The molecule has 3 rings (SSSR count). The van der Waals surface area contributed by atoms with E-state index in [1.54, 1.807) is 23.7 Å². The van der Waals surface area contributed by atoms with Crippen molar-refractivity contribution < 1.29 is 0 Å². The molecular formula is C11H11N5S. The number of imidazole rings is 1. The minimum Gasteiger partial charge on any atom is -0.377 e. The van der Waals surface area contributed by atoms with E-state index in [0.717, 1.165) is 22.9 Å². The van der Waals surface area contributed by atoms with Crippen LogP contribution in [0.15, 0.2) is 30.3 Å². The molecule has 0 spiro atoms. The third-order valence-corrected chi connectivity index (χ3v) is 3.34. The molecule has 0 amide bonds. The molecule has 0 aliphatic rings. The quantitative estimate of drug-likeness (QED) is 0.767. The Kier molecular flexibility index (Phi) is 2.49. The lowest BCUT2D eigenvalue weighted by molar-refractivity contribution is 0.987. The zero-order valence-electron chi connectivity index (χ0n) is 9.29. The molecule has 0 bridgehead atoms. The first kappa shape index (κ1) is 10.2. The maximum atomic E-state index is 4.50. The van der Waals surface area contributed by atoms with Crippen LogP contribution in [0, 0.1) is 6.92 Å². The molecule has 0 radical (unpaired) electrons. The predicted octanol–water partition coefficient (Wildman–Crippen LogP) is 2.11. The maximum Gasteiger partial charge on any atom is 0.194 e. The third kappa shape index (κ3) is 1.87. The molecule has 3 aromatic rings. The van der Waals surface area contributed by atoms with Crippen molar-refractivity contribution in [3.8, 4) is 0 Å². The van der Waals surface area contributed by atoms with Gasteiger partial charge in [0, 0.05) is 11.6 Å². The zero-order valence-corrected chi connectivity index (χ0v) is 10.1. The Hall–Kier alpha value is -1.95. The number of aryl methyl sites for hydroxylation is 1. The van der Waals surface area contributed by atoms with Crippen LogP contribution in [0.4, 0.5) is 5.69 Å². The number of anilines is 1. The Morgan fingerprint density at radius 3 is 3.00 bits per heavy atom. The Labute approximate surface area is 102 Å². The second kappa shape index (κ2) is 4.14. The summed E-state index contributed by atoms with van der Waals surface area (Å²) in [5.74, 6) is 0. The largest absolute Gasteiger partial charge is 0.377 e. The Morgan fingerprint density at radius 2 is 2.18 bits per heavy atom. The summed E-state index contributed by atoms with van der Waals surface area (Å²) < 4.78 is 2.11. The highest BCUT2D eigenvalue weighted by molar-refractivity contribution is 7.15. The van der Waals surface area contributed by atoms with Gasteiger partial charge in [0.25, 0.3) is 0 Å². The van der Waals surface area contributed by atoms with Crippen LogP contribution in [0.3, 0.4) is 0 Å². The number of rotatable bonds is 3. The SMILES string of the molecule is Cc1nc2sccn2c1CNc1cncnc1. The van der Waals surface area contributed by atoms with Gasteiger partial charge in [-0.2, -0.15) is 0 Å². The van der Waals surface area contributed by atoms with Crippen LogP contribution in [0.1, 0.15) is 11.4 Å². The van der Waals surface area contributed by atoms with E-state index in [4.69, 9.17) is 0 Å². The van der Waals surface area contributed by atoms with Crippen molar-refractivity contribution in [3.63, 3.8) is 0 Å². The molecule has 3 aromatic heterocycles. The average Bonchev–Trinajstić information content (AvgIpc) is 2.89. The van der Waals surface area contributed by atoms with Crippen molar-refractivity contribution in [2.75, 3.05) is 5.32 Å². The summed E-state index contributed by atoms with van der Waals surface area (Å²) in [4.78, 5) is 13.5. The van der Waals surface area contributed by atoms with Crippen molar-refractivity contribution in [3.05, 3.63) is 41.7 Å². The van der Waals surface area contributed by atoms with E-state index in [9.17, 15) is 0 Å². The summed E-state index contributed by atoms with van der Waals surface area (Å²) in [5.41, 5.74) is 3.14. The van der Waals surface area contributed by atoms with Gasteiger partial charge in [0.2, 0.25) is 0 Å². The number of aromatic nitrogens is 4. The monoisotopic (exact) mass is 245 g/mol. The minimum atomic E-state index is 0.719. The van der Waals surface area contributed by atoms with Gasteiger partial charge in [-0.05, 0) is 6.92 Å². The highest BCUT2D eigenvalue weighted by Crippen LogP contribution is 2.17. The smallest absolute Gasteiger partial charge is 0.194 e. The fourth-order valence-electron chi connectivity index (χ4n) is 1.73. The second-order valence-electron chi connectivity index (χ2n) is 3.68. The highest BCUT2D eigenvalue weighted by Gasteiger charge is 2.08. The van der Waals surface area contributed by atoms with Gasteiger partial charge in [-0.1, -0.05) is 0 Å². The van der Waals surface area contributed by atoms with Gasteiger partial charge >= 0.3 is 0 Å². The van der Waals surface area contributed by atoms with Crippen LogP contribution in [-0.2, 0) is 6.54 Å². The molecule has 17 heavy (non-hydrogen) atoms. The van der Waals surface area contributed by atoms with Crippen LogP contribution in [0.5, 0.6) is 0 Å². The van der Waals surface area contributed by atoms with E-state index in [1.165, 1.54) is 12.0 Å². The predicted molar refractivity (Wildman–Crippen MR) is 67.2 cm³/mol. The summed E-state index contributed by atoms with van der Waals surface area (Å²) in [7, 11) is 0. The minimum absolute atomic E-state index is 0.719. The van der Waals surface area contributed by atoms with Crippen LogP contribution in [-0.4, -0.2) is 19.4 Å². The van der Waals surface area contributed by atoms with Crippen molar-refractivity contribution in [2.45, 2.75) is 13.5 Å². The summed E-state index contributed by atoms with van der Waals surface area (Å²) in [6.45, 7) is 2.75. The Bertz CT molecular complexity index is 628. The first-order valence-corrected chi connectivity index (χ1v) is 6.12. The second-order valence-corrected chi connectivity index (χ2v) is 4.55. The van der Waals surface area contributed by atoms with E-state index in [1.807, 2.05) is 18.5 Å². The summed E-state index contributed by atoms with van der Waals surface area (Å²) >= 11 is 1.64. The molecule has 6 heteroatoms. The number of nitrogens with zero attached hydrogens (tertiary/aromatic N) is 4. The molecule has 0 aliphatic heterocycles. The number of thiazole rings is 1. The van der Waals surface area contributed by atoms with Crippen molar-refractivity contribution in [1.82, 2.24) is 19.4 Å². The highest BCUT2D eigenvalue weighted by atomic mass is 32.1. The topological polar surface area (TPSA) is 55.1 Å². The number of fused-ring (bicyclic) bond motifs is 1. The van der Waals surface area contributed by atoms with E-state index in [2.05, 4.69) is 24.7 Å². The molecule has 0 saturated heterocycles. The first-order chi connectivity index (χ1) is 8.34. The molecular weight excluding hydrogens is 234 g/mol. The van der Waals surface area contributed by atoms with Gasteiger partial charge in [0.15, 0.2) is 4.96 Å². The summed E-state index contributed by atoms with van der Waals surface area (Å²) in [6.07, 6.45) is 7.08. The fraction of sp³-hybridized carbons (Fsp3) is 0.182. The van der Waals surface area contributed by atoms with E-state index < -0.39 is 0 Å². The molecule has 1 N–H and O–H groups in total. The normalized spacial score (nSPS) is 10.9. The van der Waals surface area contributed by atoms with Gasteiger partial charge in [0.1, 0.15) is 6.33 Å². The number of hydrogen-bond acceptors (Lipinski definition) is 5. The van der Waals surface area contributed by atoms with Crippen molar-refractivity contribution >= 4 is 22.0 Å². The molecule has 0 fully saturated rings. The lowest BCUT2D eigenvalue weighted by atomic mass is 10.3. The molecule has 0 saturated carbocycles. The molecule has 5 nitrogen and oxygen atoms in total.